The summed E-state index contributed by atoms with van der Waals surface area (Å²) in [7, 11) is -3.44. The molecule has 2 saturated carbocycles. The van der Waals surface area contributed by atoms with E-state index in [0.29, 0.717) is 23.4 Å². The van der Waals surface area contributed by atoms with Crippen molar-refractivity contribution in [3.05, 3.63) is 18.0 Å². The highest BCUT2D eigenvalue weighted by atomic mass is 32.2. The molecule has 1 aromatic rings. The van der Waals surface area contributed by atoms with Crippen molar-refractivity contribution >= 4 is 10.0 Å². The van der Waals surface area contributed by atoms with Gasteiger partial charge in [0.2, 0.25) is 10.0 Å². The molecular formula is C15H25N3O2S. The molecule has 0 spiro atoms. The van der Waals surface area contributed by atoms with Gasteiger partial charge < -0.3 is 10.3 Å². The first-order chi connectivity index (χ1) is 10.0. The van der Waals surface area contributed by atoms with Crippen LogP contribution in [-0.2, 0) is 16.6 Å². The molecule has 0 radical (unpaired) electrons. The fourth-order valence-electron chi connectivity index (χ4n) is 3.26. The lowest BCUT2D eigenvalue weighted by atomic mass is 9.87. The van der Waals surface area contributed by atoms with Crippen molar-refractivity contribution < 1.29 is 8.42 Å². The van der Waals surface area contributed by atoms with Gasteiger partial charge in [0.25, 0.3) is 0 Å². The molecule has 21 heavy (non-hydrogen) atoms. The number of nitrogens with one attached hydrogen (secondary N) is 1. The largest absolute Gasteiger partial charge is 0.346 e. The molecule has 3 N–H and O–H groups in total. The summed E-state index contributed by atoms with van der Waals surface area (Å²) in [5, 5.41) is 0. The second-order valence-corrected chi connectivity index (χ2v) is 8.21. The van der Waals surface area contributed by atoms with Crippen LogP contribution < -0.4 is 10.5 Å². The Morgan fingerprint density at radius 2 is 2.00 bits per heavy atom. The number of rotatable bonds is 5. The zero-order chi connectivity index (χ0) is 15.0. The molecule has 2 fully saturated rings. The minimum absolute atomic E-state index is 0.0642. The Balaban J connectivity index is 1.80. The topological polar surface area (TPSA) is 77.1 Å². The van der Waals surface area contributed by atoms with Crippen molar-refractivity contribution in [2.75, 3.05) is 0 Å². The fraction of sp³-hybridized carbons (Fsp3) is 0.733. The van der Waals surface area contributed by atoms with Crippen LogP contribution in [0.25, 0.3) is 0 Å². The van der Waals surface area contributed by atoms with E-state index >= 15 is 0 Å². The minimum Gasteiger partial charge on any atom is -0.346 e. The number of hydrogen-bond donors (Lipinski definition) is 2. The van der Waals surface area contributed by atoms with E-state index in [1.807, 2.05) is 4.57 Å². The second kappa shape index (κ2) is 5.74. The van der Waals surface area contributed by atoms with Gasteiger partial charge in [-0.3, -0.25) is 0 Å². The molecule has 1 aromatic heterocycles. The van der Waals surface area contributed by atoms with Crippen molar-refractivity contribution in [3.8, 4) is 0 Å². The van der Waals surface area contributed by atoms with Crippen LogP contribution in [0.15, 0.2) is 17.2 Å². The molecule has 3 rings (SSSR count). The van der Waals surface area contributed by atoms with E-state index in [4.69, 9.17) is 5.73 Å². The first-order valence-corrected chi connectivity index (χ1v) is 9.42. The maximum atomic E-state index is 12.6. The highest BCUT2D eigenvalue weighted by Gasteiger charge is 2.30. The lowest BCUT2D eigenvalue weighted by molar-refractivity contribution is 0.310. The van der Waals surface area contributed by atoms with Crippen LogP contribution in [0.4, 0.5) is 0 Å². The van der Waals surface area contributed by atoms with Gasteiger partial charge in [-0.05, 0) is 37.7 Å². The Hall–Kier alpha value is -0.850. The normalized spacial score (nSPS) is 27.0. The smallest absolute Gasteiger partial charge is 0.242 e. The van der Waals surface area contributed by atoms with Gasteiger partial charge in [-0.2, -0.15) is 0 Å². The van der Waals surface area contributed by atoms with Crippen LogP contribution >= 0.6 is 0 Å². The van der Waals surface area contributed by atoms with Gasteiger partial charge >= 0.3 is 0 Å². The molecule has 2 aliphatic rings. The van der Waals surface area contributed by atoms with Crippen LogP contribution in [0.2, 0.25) is 0 Å². The number of sulfonamides is 1. The monoisotopic (exact) mass is 311 g/mol. The average molecular weight is 311 g/mol. The van der Waals surface area contributed by atoms with Gasteiger partial charge in [-0.25, -0.2) is 13.1 Å². The third-order valence-electron chi connectivity index (χ3n) is 4.78. The van der Waals surface area contributed by atoms with Crippen molar-refractivity contribution in [1.82, 2.24) is 9.29 Å². The Morgan fingerprint density at radius 1 is 1.29 bits per heavy atom. The van der Waals surface area contributed by atoms with Crippen LogP contribution in [0.3, 0.4) is 0 Å². The zero-order valence-electron chi connectivity index (χ0n) is 12.6. The molecule has 2 atom stereocenters. The summed E-state index contributed by atoms with van der Waals surface area (Å²) in [6.45, 7) is 2.51. The van der Waals surface area contributed by atoms with Gasteiger partial charge in [0, 0.05) is 30.5 Å². The average Bonchev–Trinajstić information content (AvgIpc) is 3.19. The lowest BCUT2D eigenvalue weighted by Gasteiger charge is -2.29. The maximum Gasteiger partial charge on any atom is 0.242 e. The summed E-state index contributed by atoms with van der Waals surface area (Å²) in [6, 6.07) is 2.24. The van der Waals surface area contributed by atoms with E-state index < -0.39 is 10.0 Å². The highest BCUT2D eigenvalue weighted by Crippen LogP contribution is 2.37. The predicted molar refractivity (Wildman–Crippen MR) is 82.3 cm³/mol. The quantitative estimate of drug-likeness (QED) is 0.874. The third kappa shape index (κ3) is 3.17. The van der Waals surface area contributed by atoms with Crippen LogP contribution in [0.1, 0.15) is 57.2 Å². The Labute approximate surface area is 127 Å². The van der Waals surface area contributed by atoms with Crippen molar-refractivity contribution in [3.63, 3.8) is 0 Å². The molecule has 0 bridgehead atoms. The summed E-state index contributed by atoms with van der Waals surface area (Å²) < 4.78 is 30.2. The van der Waals surface area contributed by atoms with E-state index in [0.717, 1.165) is 37.8 Å². The van der Waals surface area contributed by atoms with Crippen LogP contribution in [-0.4, -0.2) is 19.0 Å². The predicted octanol–water partition coefficient (Wildman–Crippen LogP) is 2.14. The van der Waals surface area contributed by atoms with Gasteiger partial charge in [0.15, 0.2) is 0 Å². The molecule has 0 aliphatic heterocycles. The summed E-state index contributed by atoms with van der Waals surface area (Å²) in [4.78, 5) is 0.368. The highest BCUT2D eigenvalue weighted by molar-refractivity contribution is 7.89. The molecule has 6 heteroatoms. The van der Waals surface area contributed by atoms with Gasteiger partial charge in [0.05, 0.1) is 4.90 Å². The SMILES string of the molecule is CC1CCCCC1NS(=O)(=O)c1cc(CN)n(C2CC2)c1. The summed E-state index contributed by atoms with van der Waals surface area (Å²) in [5.74, 6) is 0.410. The molecular weight excluding hydrogens is 286 g/mol. The summed E-state index contributed by atoms with van der Waals surface area (Å²) in [5.41, 5.74) is 6.65. The zero-order valence-corrected chi connectivity index (χ0v) is 13.4. The fourth-order valence-corrected chi connectivity index (χ4v) is 4.69. The molecule has 0 aromatic carbocycles. The molecule has 0 amide bonds. The molecule has 2 aliphatic carbocycles. The van der Waals surface area contributed by atoms with E-state index in [-0.39, 0.29) is 6.04 Å². The number of nitrogens with zero attached hydrogens (tertiary/aromatic N) is 1. The van der Waals surface area contributed by atoms with Gasteiger partial charge in [-0.1, -0.05) is 19.8 Å². The van der Waals surface area contributed by atoms with E-state index in [1.165, 1.54) is 6.42 Å². The van der Waals surface area contributed by atoms with Crippen LogP contribution in [0.5, 0.6) is 0 Å². The molecule has 5 nitrogen and oxygen atoms in total. The first-order valence-electron chi connectivity index (χ1n) is 7.94. The summed E-state index contributed by atoms with van der Waals surface area (Å²) in [6.07, 6.45) is 8.35. The van der Waals surface area contributed by atoms with E-state index in [2.05, 4.69) is 11.6 Å². The Bertz CT molecular complexity index is 604. The molecule has 0 saturated heterocycles. The van der Waals surface area contributed by atoms with E-state index in [9.17, 15) is 8.42 Å². The molecule has 118 valence electrons. The minimum atomic E-state index is -3.44. The second-order valence-electron chi connectivity index (χ2n) is 6.50. The van der Waals surface area contributed by atoms with Gasteiger partial charge in [0.1, 0.15) is 0 Å². The maximum absolute atomic E-state index is 12.6. The van der Waals surface area contributed by atoms with Crippen molar-refractivity contribution in [2.24, 2.45) is 11.7 Å². The van der Waals surface area contributed by atoms with E-state index in [1.54, 1.807) is 12.3 Å². The Morgan fingerprint density at radius 3 is 2.62 bits per heavy atom. The van der Waals surface area contributed by atoms with Gasteiger partial charge in [-0.15, -0.1) is 0 Å². The third-order valence-corrected chi connectivity index (χ3v) is 6.24. The Kier molecular flexibility index (Phi) is 4.12. The van der Waals surface area contributed by atoms with Crippen LogP contribution in [0, 0.1) is 5.92 Å². The molecule has 2 unspecified atom stereocenters. The van der Waals surface area contributed by atoms with Crippen molar-refractivity contribution in [2.45, 2.75) is 69.0 Å². The standard InChI is InChI=1S/C15H25N3O2S/c1-11-4-2-3-5-15(11)17-21(19,20)14-8-13(9-16)18(10-14)12-6-7-12/h8,10-12,15,17H,2-7,9,16H2,1H3. The summed E-state index contributed by atoms with van der Waals surface area (Å²) >= 11 is 0. The number of nitrogens with two attached hydrogens (primary N) is 1. The molecule has 1 heterocycles. The number of aromatic nitrogens is 1. The number of hydrogen-bond acceptors (Lipinski definition) is 3. The first kappa shape index (κ1) is 15.1. The lowest BCUT2D eigenvalue weighted by Crippen LogP contribution is -2.40. The van der Waals surface area contributed by atoms with Crippen molar-refractivity contribution in [1.29, 1.82) is 0 Å².